The molecule has 0 radical (unpaired) electrons. The zero-order valence-corrected chi connectivity index (χ0v) is 19.6. The number of hydrogen-bond acceptors (Lipinski definition) is 7. The number of nitriles is 1. The average Bonchev–Trinajstić information content (AvgIpc) is 2.80. The first-order chi connectivity index (χ1) is 15.7. The summed E-state index contributed by atoms with van der Waals surface area (Å²) in [4.78, 5) is 23.8. The van der Waals surface area contributed by atoms with Crippen molar-refractivity contribution in [3.05, 3.63) is 59.2 Å². The van der Waals surface area contributed by atoms with Gasteiger partial charge in [-0.15, -0.1) is 0 Å². The second-order valence-electron chi connectivity index (χ2n) is 8.27. The van der Waals surface area contributed by atoms with Crippen molar-refractivity contribution in [1.29, 1.82) is 5.26 Å². The molecule has 2 rings (SSSR count). The molecule has 0 aliphatic carbocycles. The number of carbonyl (C=O) groups excluding carboxylic acids is 2. The fourth-order valence-electron chi connectivity index (χ4n) is 2.90. The van der Waals surface area contributed by atoms with E-state index in [9.17, 15) is 9.59 Å². The van der Waals surface area contributed by atoms with Gasteiger partial charge in [0.2, 0.25) is 0 Å². The van der Waals surface area contributed by atoms with Gasteiger partial charge in [-0.1, -0.05) is 39.0 Å². The van der Waals surface area contributed by atoms with Crippen molar-refractivity contribution in [2.24, 2.45) is 0 Å². The minimum atomic E-state index is -0.737. The maximum atomic E-state index is 12.2. The van der Waals surface area contributed by atoms with Crippen LogP contribution in [0.25, 0.3) is 6.08 Å². The molecule has 2 aromatic rings. The fourth-order valence-corrected chi connectivity index (χ4v) is 2.90. The lowest BCUT2D eigenvalue weighted by atomic mass is 9.87. The summed E-state index contributed by atoms with van der Waals surface area (Å²) in [5.41, 5.74) is 1.68. The van der Waals surface area contributed by atoms with E-state index in [1.54, 1.807) is 24.3 Å². The van der Waals surface area contributed by atoms with Crippen LogP contribution in [0.1, 0.15) is 44.7 Å². The highest BCUT2D eigenvalue weighted by atomic mass is 16.6. The molecule has 0 saturated carbocycles. The molecule has 0 fully saturated rings. The van der Waals surface area contributed by atoms with Crippen molar-refractivity contribution >= 4 is 18.0 Å². The van der Waals surface area contributed by atoms with Crippen molar-refractivity contribution in [3.8, 4) is 23.3 Å². The minimum Gasteiger partial charge on any atom is -0.494 e. The molecule has 0 heterocycles. The number of hydrogen-bond donors (Lipinski definition) is 0. The van der Waals surface area contributed by atoms with Crippen LogP contribution in [0.2, 0.25) is 0 Å². The van der Waals surface area contributed by atoms with E-state index in [2.05, 4.69) is 25.5 Å². The van der Waals surface area contributed by atoms with Crippen molar-refractivity contribution in [1.82, 2.24) is 0 Å². The van der Waals surface area contributed by atoms with Crippen LogP contribution in [0.5, 0.6) is 17.2 Å². The number of nitrogens with zero attached hydrogens (tertiary/aromatic N) is 1. The van der Waals surface area contributed by atoms with Gasteiger partial charge in [-0.2, -0.15) is 5.26 Å². The fraction of sp³-hybridized carbons (Fsp3) is 0.346. The second kappa shape index (κ2) is 11.7. The first-order valence-corrected chi connectivity index (χ1v) is 10.5. The zero-order chi connectivity index (χ0) is 24.4. The van der Waals surface area contributed by atoms with E-state index >= 15 is 0 Å². The number of benzene rings is 2. The van der Waals surface area contributed by atoms with Crippen LogP contribution < -0.4 is 14.2 Å². The molecule has 7 heteroatoms. The molecule has 0 aromatic heterocycles. The Hall–Kier alpha value is -3.79. The predicted octanol–water partition coefficient (Wildman–Crippen LogP) is 4.84. The van der Waals surface area contributed by atoms with E-state index in [1.165, 1.54) is 25.9 Å². The molecule has 0 N–H and O–H groups in total. The molecule has 0 amide bonds. The van der Waals surface area contributed by atoms with Crippen LogP contribution >= 0.6 is 0 Å². The van der Waals surface area contributed by atoms with Crippen LogP contribution in [0.4, 0.5) is 0 Å². The van der Waals surface area contributed by atoms with Gasteiger partial charge in [-0.05, 0) is 53.3 Å². The minimum absolute atomic E-state index is 0.0805. The number of methoxy groups -OCH3 is 2. The molecule has 0 unspecified atom stereocenters. The molecule has 0 aliphatic rings. The summed E-state index contributed by atoms with van der Waals surface area (Å²) >= 11 is 0. The lowest BCUT2D eigenvalue weighted by molar-refractivity contribution is -0.136. The smallest absolute Gasteiger partial charge is 0.348 e. The van der Waals surface area contributed by atoms with E-state index < -0.39 is 11.9 Å². The second-order valence-corrected chi connectivity index (χ2v) is 8.27. The monoisotopic (exact) mass is 451 g/mol. The van der Waals surface area contributed by atoms with Crippen LogP contribution in [-0.4, -0.2) is 32.8 Å². The first-order valence-electron chi connectivity index (χ1n) is 10.5. The third-order valence-electron chi connectivity index (χ3n) is 4.76. The third kappa shape index (κ3) is 7.69. The maximum Gasteiger partial charge on any atom is 0.348 e. The Bertz CT molecular complexity index is 1040. The summed E-state index contributed by atoms with van der Waals surface area (Å²) in [5, 5.41) is 9.08. The number of carbonyl (C=O) groups is 2. The summed E-state index contributed by atoms with van der Waals surface area (Å²) < 4.78 is 20.9. The van der Waals surface area contributed by atoms with Crippen molar-refractivity contribution in [2.45, 2.75) is 39.0 Å². The van der Waals surface area contributed by atoms with Crippen molar-refractivity contribution in [2.75, 3.05) is 20.8 Å². The Morgan fingerprint density at radius 1 is 1.03 bits per heavy atom. The molecule has 0 saturated heterocycles. The number of rotatable bonds is 9. The number of ether oxygens (including phenoxy) is 4. The van der Waals surface area contributed by atoms with Crippen LogP contribution in [-0.2, 0) is 19.7 Å². The lowest BCUT2D eigenvalue weighted by Crippen LogP contribution is -2.11. The number of esters is 2. The topological polar surface area (TPSA) is 94.9 Å². The molecule has 33 heavy (non-hydrogen) atoms. The third-order valence-corrected chi connectivity index (χ3v) is 4.76. The van der Waals surface area contributed by atoms with Gasteiger partial charge in [0.05, 0.1) is 20.8 Å². The van der Waals surface area contributed by atoms with E-state index in [4.69, 9.17) is 19.5 Å². The van der Waals surface area contributed by atoms with Gasteiger partial charge in [0.25, 0.3) is 0 Å². The van der Waals surface area contributed by atoms with Crippen LogP contribution in [0.15, 0.2) is 48.0 Å². The van der Waals surface area contributed by atoms with E-state index in [0.717, 1.165) is 5.75 Å². The van der Waals surface area contributed by atoms with Crippen LogP contribution in [0.3, 0.4) is 0 Å². The quantitative estimate of drug-likeness (QED) is 0.177. The first kappa shape index (κ1) is 25.5. The van der Waals surface area contributed by atoms with Gasteiger partial charge in [0, 0.05) is 6.42 Å². The summed E-state index contributed by atoms with van der Waals surface area (Å²) in [5.74, 6) is 0.143. The molecule has 0 aliphatic heterocycles. The Balaban J connectivity index is 1.90. The Morgan fingerprint density at radius 2 is 1.73 bits per heavy atom. The molecule has 0 bridgehead atoms. The van der Waals surface area contributed by atoms with Gasteiger partial charge in [-0.3, -0.25) is 4.79 Å². The molecule has 2 aromatic carbocycles. The molecular formula is C26H29NO6. The molecule has 0 spiro atoms. The molecule has 7 nitrogen and oxygen atoms in total. The molecular weight excluding hydrogens is 422 g/mol. The normalized spacial score (nSPS) is 11.3. The highest BCUT2D eigenvalue weighted by molar-refractivity contribution is 5.97. The van der Waals surface area contributed by atoms with E-state index in [1.807, 2.05) is 24.3 Å². The average molecular weight is 452 g/mol. The predicted molar refractivity (Wildman–Crippen MR) is 124 cm³/mol. The Kier molecular flexibility index (Phi) is 9.05. The van der Waals surface area contributed by atoms with Crippen molar-refractivity contribution < 1.29 is 28.5 Å². The van der Waals surface area contributed by atoms with Gasteiger partial charge >= 0.3 is 11.9 Å². The largest absolute Gasteiger partial charge is 0.494 e. The van der Waals surface area contributed by atoms with E-state index in [-0.39, 0.29) is 23.2 Å². The summed E-state index contributed by atoms with van der Waals surface area (Å²) in [6.45, 7) is 6.84. The maximum absolute atomic E-state index is 12.2. The van der Waals surface area contributed by atoms with Crippen molar-refractivity contribution in [3.63, 3.8) is 0 Å². The van der Waals surface area contributed by atoms with Gasteiger partial charge in [0.1, 0.15) is 17.4 Å². The lowest BCUT2D eigenvalue weighted by Gasteiger charge is -2.19. The Labute approximate surface area is 194 Å². The van der Waals surface area contributed by atoms with E-state index in [0.29, 0.717) is 24.3 Å². The molecule has 174 valence electrons. The van der Waals surface area contributed by atoms with Gasteiger partial charge in [-0.25, -0.2) is 4.79 Å². The standard InChI is InChI=1S/C26H29NO6/c1-26(2,3)20-9-11-21(12-10-20)32-14-6-7-24(28)33-22-13-8-18(16-23(22)30-4)15-19(17-27)25(29)31-5/h8-13,15-16H,6-7,14H2,1-5H3/b19-15+. The highest BCUT2D eigenvalue weighted by Gasteiger charge is 2.14. The van der Waals surface area contributed by atoms with Gasteiger partial charge < -0.3 is 18.9 Å². The van der Waals surface area contributed by atoms with Gasteiger partial charge in [0.15, 0.2) is 11.5 Å². The summed E-state index contributed by atoms with van der Waals surface area (Å²) in [6.07, 6.45) is 2.03. The molecule has 0 atom stereocenters. The van der Waals surface area contributed by atoms with Crippen LogP contribution in [0, 0.1) is 11.3 Å². The SMILES string of the molecule is COC(=O)/C(C#N)=C/c1ccc(OC(=O)CCCOc2ccc(C(C)(C)C)cc2)c(OC)c1. The Morgan fingerprint density at radius 3 is 2.30 bits per heavy atom. The zero-order valence-electron chi connectivity index (χ0n) is 19.6. The summed E-state index contributed by atoms with van der Waals surface area (Å²) in [7, 11) is 2.63. The summed E-state index contributed by atoms with van der Waals surface area (Å²) in [6, 6.07) is 14.4. The highest BCUT2D eigenvalue weighted by Crippen LogP contribution is 2.29.